The zero-order valence-electron chi connectivity index (χ0n) is 20.7. The number of hydrogen-bond acceptors (Lipinski definition) is 5. The number of carbonyl (C=O) groups is 1. The molecule has 0 bridgehead atoms. The van der Waals surface area contributed by atoms with Gasteiger partial charge in [0.1, 0.15) is 5.75 Å². The lowest BCUT2D eigenvalue weighted by atomic mass is 9.93. The number of hydrogen-bond donors (Lipinski definition) is 0. The highest BCUT2D eigenvalue weighted by Gasteiger charge is 2.27. The first kappa shape index (κ1) is 22.9. The van der Waals surface area contributed by atoms with Crippen LogP contribution in [-0.2, 0) is 5.41 Å². The predicted octanol–water partition coefficient (Wildman–Crippen LogP) is 4.66. The Bertz CT molecular complexity index is 1330. The minimum atomic E-state index is -0.121. The minimum Gasteiger partial charge on any atom is -0.497 e. The van der Waals surface area contributed by atoms with Crippen molar-refractivity contribution in [2.75, 3.05) is 38.2 Å². The van der Waals surface area contributed by atoms with Crippen LogP contribution in [-0.4, -0.2) is 58.7 Å². The van der Waals surface area contributed by atoms with Gasteiger partial charge in [-0.3, -0.25) is 4.79 Å². The number of methoxy groups -OCH3 is 1. The van der Waals surface area contributed by atoms with Crippen molar-refractivity contribution in [3.05, 3.63) is 78.1 Å². The van der Waals surface area contributed by atoms with Crippen LogP contribution in [0, 0.1) is 0 Å². The molecular formula is C28H31N5O2. The molecule has 3 heterocycles. The van der Waals surface area contributed by atoms with E-state index in [0.717, 1.165) is 47.1 Å². The predicted molar refractivity (Wildman–Crippen MR) is 138 cm³/mol. The van der Waals surface area contributed by atoms with E-state index in [1.165, 1.54) is 0 Å². The summed E-state index contributed by atoms with van der Waals surface area (Å²) in [5.74, 6) is 0.826. The Kier molecular flexibility index (Phi) is 5.93. The average molecular weight is 470 g/mol. The van der Waals surface area contributed by atoms with E-state index in [2.05, 4.69) is 42.8 Å². The Hall–Kier alpha value is -3.87. The van der Waals surface area contributed by atoms with Gasteiger partial charge in [0, 0.05) is 55.1 Å². The van der Waals surface area contributed by atoms with Crippen LogP contribution in [0.4, 0.5) is 5.69 Å². The smallest absolute Gasteiger partial charge is 0.257 e. The second-order valence-electron chi connectivity index (χ2n) is 9.91. The fourth-order valence-electron chi connectivity index (χ4n) is 4.46. The SMILES string of the molecule is COc1ccc(N2CCN(C(=O)c3cnc4cc(C(C)(C)C)nn4c3-c3ccccc3)CC2)cc1. The maximum atomic E-state index is 13.8. The van der Waals surface area contributed by atoms with Crippen molar-refractivity contribution in [2.24, 2.45) is 0 Å². The number of rotatable bonds is 4. The van der Waals surface area contributed by atoms with Crippen molar-refractivity contribution in [1.82, 2.24) is 19.5 Å². The molecule has 5 rings (SSSR count). The Labute approximate surface area is 206 Å². The van der Waals surface area contributed by atoms with Crippen LogP contribution in [0.15, 0.2) is 66.9 Å². The Balaban J connectivity index is 1.45. The summed E-state index contributed by atoms with van der Waals surface area (Å²) in [5, 5.41) is 4.88. The molecule has 0 unspecified atom stereocenters. The number of amides is 1. The van der Waals surface area contributed by atoms with Crippen LogP contribution >= 0.6 is 0 Å². The van der Waals surface area contributed by atoms with E-state index < -0.39 is 0 Å². The van der Waals surface area contributed by atoms with Gasteiger partial charge in [0.15, 0.2) is 5.65 Å². The molecule has 1 saturated heterocycles. The standard InChI is InChI=1S/C28H31N5O2/c1-28(2,3)24-18-25-29-19-23(26(33(25)30-24)20-8-6-5-7-9-20)27(34)32-16-14-31(15-17-32)21-10-12-22(35-4)13-11-21/h5-13,18-19H,14-17H2,1-4H3. The molecule has 1 amide bonds. The van der Waals surface area contributed by atoms with Crippen LogP contribution in [0.5, 0.6) is 5.75 Å². The Morgan fingerprint density at radius 1 is 0.943 bits per heavy atom. The van der Waals surface area contributed by atoms with E-state index in [1.807, 2.05) is 57.9 Å². The van der Waals surface area contributed by atoms with Gasteiger partial charge < -0.3 is 14.5 Å². The molecule has 0 atom stereocenters. The van der Waals surface area contributed by atoms with Crippen molar-refractivity contribution < 1.29 is 9.53 Å². The molecule has 4 aromatic rings. The lowest BCUT2D eigenvalue weighted by Gasteiger charge is -2.36. The second kappa shape index (κ2) is 9.06. The molecule has 0 N–H and O–H groups in total. The van der Waals surface area contributed by atoms with Crippen LogP contribution < -0.4 is 9.64 Å². The first-order chi connectivity index (χ1) is 16.8. The van der Waals surface area contributed by atoms with Crippen molar-refractivity contribution in [3.8, 4) is 17.0 Å². The number of nitrogens with zero attached hydrogens (tertiary/aromatic N) is 5. The number of benzene rings is 2. The fraction of sp³-hybridized carbons (Fsp3) is 0.321. The average Bonchev–Trinajstić information content (AvgIpc) is 3.34. The van der Waals surface area contributed by atoms with E-state index >= 15 is 0 Å². The van der Waals surface area contributed by atoms with Crippen molar-refractivity contribution in [1.29, 1.82) is 0 Å². The first-order valence-corrected chi connectivity index (χ1v) is 12.0. The fourth-order valence-corrected chi connectivity index (χ4v) is 4.46. The van der Waals surface area contributed by atoms with Gasteiger partial charge in [-0.25, -0.2) is 9.50 Å². The summed E-state index contributed by atoms with van der Waals surface area (Å²) in [7, 11) is 1.67. The van der Waals surface area contributed by atoms with Crippen LogP contribution in [0.3, 0.4) is 0 Å². The molecule has 7 heteroatoms. The van der Waals surface area contributed by atoms with E-state index in [9.17, 15) is 4.79 Å². The van der Waals surface area contributed by atoms with Crippen molar-refractivity contribution >= 4 is 17.2 Å². The highest BCUT2D eigenvalue weighted by Crippen LogP contribution is 2.29. The number of anilines is 1. The zero-order valence-corrected chi connectivity index (χ0v) is 20.7. The second-order valence-corrected chi connectivity index (χ2v) is 9.91. The van der Waals surface area contributed by atoms with Crippen LogP contribution in [0.1, 0.15) is 36.8 Å². The number of piperazine rings is 1. The monoisotopic (exact) mass is 469 g/mol. The minimum absolute atomic E-state index is 0.0135. The third kappa shape index (κ3) is 4.46. The zero-order chi connectivity index (χ0) is 24.6. The summed E-state index contributed by atoms with van der Waals surface area (Å²) in [6.07, 6.45) is 1.71. The summed E-state index contributed by atoms with van der Waals surface area (Å²) in [6, 6.07) is 20.1. The molecule has 1 fully saturated rings. The molecule has 0 spiro atoms. The van der Waals surface area contributed by atoms with Crippen LogP contribution in [0.2, 0.25) is 0 Å². The quantitative estimate of drug-likeness (QED) is 0.435. The van der Waals surface area contributed by atoms with E-state index in [1.54, 1.807) is 13.3 Å². The maximum Gasteiger partial charge on any atom is 0.257 e. The molecule has 0 saturated carbocycles. The summed E-state index contributed by atoms with van der Waals surface area (Å²) in [5.41, 5.74) is 5.01. The Morgan fingerprint density at radius 3 is 2.26 bits per heavy atom. The van der Waals surface area contributed by atoms with Gasteiger partial charge in [-0.1, -0.05) is 51.1 Å². The number of carbonyl (C=O) groups excluding carboxylic acids is 1. The highest BCUT2D eigenvalue weighted by atomic mass is 16.5. The highest BCUT2D eigenvalue weighted by molar-refractivity contribution is 6.00. The van der Waals surface area contributed by atoms with Gasteiger partial charge in [0.25, 0.3) is 5.91 Å². The summed E-state index contributed by atoms with van der Waals surface area (Å²) < 4.78 is 7.10. The molecule has 2 aromatic heterocycles. The Morgan fingerprint density at radius 2 is 1.63 bits per heavy atom. The van der Waals surface area contributed by atoms with Gasteiger partial charge >= 0.3 is 0 Å². The number of aromatic nitrogens is 3. The molecule has 2 aromatic carbocycles. The van der Waals surface area contributed by atoms with Gasteiger partial charge in [0.2, 0.25) is 0 Å². The molecule has 1 aliphatic heterocycles. The summed E-state index contributed by atoms with van der Waals surface area (Å²) in [4.78, 5) is 22.6. The van der Waals surface area contributed by atoms with Gasteiger partial charge in [-0.2, -0.15) is 5.10 Å². The normalized spacial score (nSPS) is 14.4. The largest absolute Gasteiger partial charge is 0.497 e. The van der Waals surface area contributed by atoms with E-state index in [-0.39, 0.29) is 11.3 Å². The summed E-state index contributed by atoms with van der Waals surface area (Å²) in [6.45, 7) is 9.21. The maximum absolute atomic E-state index is 13.8. The van der Waals surface area contributed by atoms with Crippen LogP contribution in [0.25, 0.3) is 16.9 Å². The third-order valence-electron chi connectivity index (χ3n) is 6.53. The third-order valence-corrected chi connectivity index (χ3v) is 6.53. The van der Waals surface area contributed by atoms with E-state index in [0.29, 0.717) is 18.7 Å². The lowest BCUT2D eigenvalue weighted by molar-refractivity contribution is 0.0746. The van der Waals surface area contributed by atoms with Gasteiger partial charge in [-0.05, 0) is 24.3 Å². The molecular weight excluding hydrogens is 438 g/mol. The lowest BCUT2D eigenvalue weighted by Crippen LogP contribution is -2.49. The van der Waals surface area contributed by atoms with Crippen molar-refractivity contribution in [2.45, 2.75) is 26.2 Å². The first-order valence-electron chi connectivity index (χ1n) is 12.0. The molecule has 35 heavy (non-hydrogen) atoms. The molecule has 0 radical (unpaired) electrons. The molecule has 1 aliphatic rings. The van der Waals surface area contributed by atoms with Crippen molar-refractivity contribution in [3.63, 3.8) is 0 Å². The number of fused-ring (bicyclic) bond motifs is 1. The van der Waals surface area contributed by atoms with E-state index in [4.69, 9.17) is 9.84 Å². The number of ether oxygens (including phenoxy) is 1. The van der Waals surface area contributed by atoms with Gasteiger partial charge in [0.05, 0.1) is 24.1 Å². The molecule has 180 valence electrons. The topological polar surface area (TPSA) is 63.0 Å². The molecule has 0 aliphatic carbocycles. The molecule has 7 nitrogen and oxygen atoms in total. The summed E-state index contributed by atoms with van der Waals surface area (Å²) >= 11 is 0. The van der Waals surface area contributed by atoms with Gasteiger partial charge in [-0.15, -0.1) is 0 Å².